The summed E-state index contributed by atoms with van der Waals surface area (Å²) in [4.78, 5) is 6.87. The summed E-state index contributed by atoms with van der Waals surface area (Å²) in [6, 6.07) is 6.59. The lowest BCUT2D eigenvalue weighted by atomic mass is 10.0. The van der Waals surface area contributed by atoms with Gasteiger partial charge in [0, 0.05) is 31.7 Å². The van der Waals surface area contributed by atoms with E-state index in [0.29, 0.717) is 32.3 Å². The van der Waals surface area contributed by atoms with Crippen LogP contribution < -0.4 is 15.4 Å². The van der Waals surface area contributed by atoms with Crippen molar-refractivity contribution in [1.82, 2.24) is 20.3 Å². The van der Waals surface area contributed by atoms with Gasteiger partial charge in [-0.25, -0.2) is 17.5 Å². The Hall–Kier alpha value is -1.02. The van der Waals surface area contributed by atoms with Gasteiger partial charge in [0.05, 0.1) is 32.1 Å². The maximum absolute atomic E-state index is 13.4. The van der Waals surface area contributed by atoms with Crippen molar-refractivity contribution in [1.29, 1.82) is 0 Å². The third-order valence-corrected chi connectivity index (χ3v) is 5.57. The highest BCUT2D eigenvalue weighted by molar-refractivity contribution is 14.0. The number of hydrogen-bond acceptors (Lipinski definition) is 5. The molecule has 0 spiro atoms. The molecule has 31 heavy (non-hydrogen) atoms. The predicted octanol–water partition coefficient (Wildman–Crippen LogP) is 1.70. The fourth-order valence-corrected chi connectivity index (χ4v) is 4.45. The van der Waals surface area contributed by atoms with Crippen LogP contribution in [0.2, 0.25) is 0 Å². The number of nitrogens with zero attached hydrogens (tertiary/aromatic N) is 2. The maximum atomic E-state index is 13.4. The number of morpholine rings is 1. The van der Waals surface area contributed by atoms with Gasteiger partial charge in [0.15, 0.2) is 5.96 Å². The molecular formula is C20H35FIN5O3S. The Morgan fingerprint density at radius 3 is 2.39 bits per heavy atom. The van der Waals surface area contributed by atoms with Gasteiger partial charge in [-0.1, -0.05) is 12.1 Å². The Morgan fingerprint density at radius 1 is 1.23 bits per heavy atom. The highest BCUT2D eigenvalue weighted by Crippen LogP contribution is 2.21. The molecule has 1 unspecified atom stereocenters. The molecule has 8 nitrogen and oxygen atoms in total. The van der Waals surface area contributed by atoms with E-state index in [-0.39, 0.29) is 42.4 Å². The van der Waals surface area contributed by atoms with Gasteiger partial charge in [-0.2, -0.15) is 0 Å². The van der Waals surface area contributed by atoms with E-state index in [0.717, 1.165) is 24.9 Å². The molecule has 1 aliphatic heterocycles. The van der Waals surface area contributed by atoms with Gasteiger partial charge in [-0.05, 0) is 38.5 Å². The number of rotatable bonds is 9. The lowest BCUT2D eigenvalue weighted by Crippen LogP contribution is -2.48. The lowest BCUT2D eigenvalue weighted by molar-refractivity contribution is 0.0170. The van der Waals surface area contributed by atoms with Crippen molar-refractivity contribution in [3.05, 3.63) is 35.6 Å². The zero-order valence-electron chi connectivity index (χ0n) is 18.7. The van der Waals surface area contributed by atoms with Gasteiger partial charge in [0.2, 0.25) is 10.0 Å². The van der Waals surface area contributed by atoms with E-state index in [9.17, 15) is 12.8 Å². The summed E-state index contributed by atoms with van der Waals surface area (Å²) < 4.78 is 44.6. The molecular weight excluding hydrogens is 536 g/mol. The first-order chi connectivity index (χ1) is 14.1. The minimum Gasteiger partial charge on any atom is -0.379 e. The molecule has 1 heterocycles. The number of ether oxygens (including phenoxy) is 1. The van der Waals surface area contributed by atoms with Crippen molar-refractivity contribution in [3.63, 3.8) is 0 Å². The minimum atomic E-state index is -3.33. The highest BCUT2D eigenvalue weighted by Gasteiger charge is 2.24. The second-order valence-corrected chi connectivity index (χ2v) is 9.80. The molecule has 0 radical (unpaired) electrons. The summed E-state index contributed by atoms with van der Waals surface area (Å²) in [7, 11) is -3.33. The fourth-order valence-electron chi connectivity index (χ4n) is 3.38. The standard InChI is InChI=1S/C20H34FN5O3S.HI/c1-5-22-19(24-15-20(2,3)25-30(4,27)28)23-14-18(26-10-12-29-13-11-26)16-6-8-17(21)9-7-16;/h6-9,18,25H,5,10-15H2,1-4H3,(H2,22,23,24);1H. The zero-order chi connectivity index (χ0) is 22.2. The summed E-state index contributed by atoms with van der Waals surface area (Å²) >= 11 is 0. The Balaban J connectivity index is 0.00000480. The van der Waals surface area contributed by atoms with Crippen molar-refractivity contribution in [3.8, 4) is 0 Å². The summed E-state index contributed by atoms with van der Waals surface area (Å²) in [6.07, 6.45) is 1.14. The van der Waals surface area contributed by atoms with Crippen LogP contribution >= 0.6 is 24.0 Å². The van der Waals surface area contributed by atoms with Crippen LogP contribution in [0.25, 0.3) is 0 Å². The summed E-state index contributed by atoms with van der Waals surface area (Å²) in [5.41, 5.74) is 0.303. The average molecular weight is 572 g/mol. The van der Waals surface area contributed by atoms with Gasteiger partial charge in [-0.15, -0.1) is 24.0 Å². The van der Waals surface area contributed by atoms with Crippen LogP contribution in [0.15, 0.2) is 29.3 Å². The molecule has 1 aromatic carbocycles. The first kappa shape index (κ1) is 28.0. The van der Waals surface area contributed by atoms with Crippen molar-refractivity contribution < 1.29 is 17.5 Å². The number of guanidine groups is 1. The quantitative estimate of drug-likeness (QED) is 0.238. The molecule has 1 fully saturated rings. The van der Waals surface area contributed by atoms with Crippen LogP contribution in [-0.4, -0.2) is 77.0 Å². The van der Waals surface area contributed by atoms with E-state index in [4.69, 9.17) is 4.74 Å². The van der Waals surface area contributed by atoms with Crippen LogP contribution in [0.1, 0.15) is 32.4 Å². The maximum Gasteiger partial charge on any atom is 0.209 e. The fraction of sp³-hybridized carbons (Fsp3) is 0.650. The van der Waals surface area contributed by atoms with E-state index in [1.807, 2.05) is 6.92 Å². The molecule has 178 valence electrons. The number of hydrogen-bond donors (Lipinski definition) is 3. The van der Waals surface area contributed by atoms with Gasteiger partial charge in [0.25, 0.3) is 0 Å². The van der Waals surface area contributed by atoms with E-state index >= 15 is 0 Å². The van der Waals surface area contributed by atoms with E-state index in [1.54, 1.807) is 26.0 Å². The van der Waals surface area contributed by atoms with Crippen LogP contribution in [0, 0.1) is 5.82 Å². The average Bonchev–Trinajstić information content (AvgIpc) is 2.66. The number of nitrogens with one attached hydrogen (secondary N) is 3. The molecule has 3 N–H and O–H groups in total. The topological polar surface area (TPSA) is 95.1 Å². The first-order valence-electron chi connectivity index (χ1n) is 10.2. The Kier molecular flexibility index (Phi) is 11.6. The second kappa shape index (κ2) is 12.9. The van der Waals surface area contributed by atoms with Crippen molar-refractivity contribution in [2.75, 3.05) is 52.2 Å². The molecule has 1 aromatic rings. The molecule has 11 heteroatoms. The molecule has 0 saturated carbocycles. The third kappa shape index (κ3) is 10.4. The van der Waals surface area contributed by atoms with Gasteiger partial charge in [0.1, 0.15) is 5.82 Å². The van der Waals surface area contributed by atoms with Gasteiger partial charge in [-0.3, -0.25) is 9.89 Å². The Morgan fingerprint density at radius 2 is 1.84 bits per heavy atom. The minimum absolute atomic E-state index is 0. The normalized spacial score (nSPS) is 17.0. The van der Waals surface area contributed by atoms with Crippen LogP contribution in [-0.2, 0) is 14.8 Å². The number of halogens is 2. The monoisotopic (exact) mass is 571 g/mol. The van der Waals surface area contributed by atoms with Crippen LogP contribution in [0.3, 0.4) is 0 Å². The molecule has 0 aliphatic carbocycles. The van der Waals surface area contributed by atoms with Crippen LogP contribution in [0.5, 0.6) is 0 Å². The van der Waals surface area contributed by atoms with E-state index in [1.165, 1.54) is 12.1 Å². The third-order valence-electron chi connectivity index (χ3n) is 4.64. The van der Waals surface area contributed by atoms with Gasteiger partial charge < -0.3 is 15.4 Å². The molecule has 1 saturated heterocycles. The zero-order valence-corrected chi connectivity index (χ0v) is 21.8. The Bertz CT molecular complexity index is 800. The number of benzene rings is 1. The SMILES string of the molecule is CCNC(=NCC(C)(C)NS(C)(=O)=O)NCC(c1ccc(F)cc1)N1CCOCC1.I. The Labute approximate surface area is 202 Å². The highest BCUT2D eigenvalue weighted by atomic mass is 127. The molecule has 0 amide bonds. The summed E-state index contributed by atoms with van der Waals surface area (Å²) in [5.74, 6) is 0.337. The summed E-state index contributed by atoms with van der Waals surface area (Å²) in [6.45, 7) is 9.97. The smallest absolute Gasteiger partial charge is 0.209 e. The number of aliphatic imine (C=N–C) groups is 1. The number of sulfonamides is 1. The van der Waals surface area contributed by atoms with E-state index in [2.05, 4.69) is 25.2 Å². The first-order valence-corrected chi connectivity index (χ1v) is 12.1. The van der Waals surface area contributed by atoms with Crippen molar-refractivity contribution in [2.24, 2.45) is 4.99 Å². The lowest BCUT2D eigenvalue weighted by Gasteiger charge is -2.35. The predicted molar refractivity (Wildman–Crippen MR) is 133 cm³/mol. The second-order valence-electron chi connectivity index (χ2n) is 8.05. The summed E-state index contributed by atoms with van der Waals surface area (Å²) in [5, 5.41) is 6.55. The van der Waals surface area contributed by atoms with Crippen LogP contribution in [0.4, 0.5) is 4.39 Å². The largest absolute Gasteiger partial charge is 0.379 e. The molecule has 0 bridgehead atoms. The van der Waals surface area contributed by atoms with Gasteiger partial charge >= 0.3 is 0 Å². The molecule has 1 atom stereocenters. The van der Waals surface area contributed by atoms with Crippen molar-refractivity contribution in [2.45, 2.75) is 32.4 Å². The molecule has 2 rings (SSSR count). The molecule has 1 aliphatic rings. The van der Waals surface area contributed by atoms with Crippen molar-refractivity contribution >= 4 is 40.0 Å². The molecule has 0 aromatic heterocycles. The van der Waals surface area contributed by atoms with E-state index < -0.39 is 15.6 Å².